The number of phenolic OH excluding ortho intramolecular Hbond substituents is 1. The molecule has 2 rings (SSSR count). The summed E-state index contributed by atoms with van der Waals surface area (Å²) in [6.07, 6.45) is 1.69. The summed E-state index contributed by atoms with van der Waals surface area (Å²) in [5.41, 5.74) is 4.75. The number of hydrogen-bond acceptors (Lipinski definition) is 3. The Hall–Kier alpha value is -1.81. The first kappa shape index (κ1) is 11.7. The highest BCUT2D eigenvalue weighted by Gasteiger charge is 1.96. The van der Waals surface area contributed by atoms with Crippen molar-refractivity contribution in [3.63, 3.8) is 0 Å². The molecule has 0 aliphatic heterocycles. The summed E-state index contributed by atoms with van der Waals surface area (Å²) in [4.78, 5) is 0. The van der Waals surface area contributed by atoms with Crippen LogP contribution in [0.3, 0.4) is 0 Å². The highest BCUT2D eigenvalue weighted by molar-refractivity contribution is 9.10. The fourth-order valence-electron chi connectivity index (χ4n) is 1.30. The summed E-state index contributed by atoms with van der Waals surface area (Å²) in [5, 5.41) is 13.4. The number of phenols is 1. The van der Waals surface area contributed by atoms with Crippen LogP contribution in [0.15, 0.2) is 58.1 Å². The first-order valence-electron chi connectivity index (χ1n) is 5.08. The second kappa shape index (κ2) is 5.50. The Kier molecular flexibility index (Phi) is 3.77. The van der Waals surface area contributed by atoms with Crippen molar-refractivity contribution in [2.45, 2.75) is 0 Å². The molecule has 0 heterocycles. The minimum absolute atomic E-state index is 0.221. The Labute approximate surface area is 108 Å². The van der Waals surface area contributed by atoms with Gasteiger partial charge in [-0.25, -0.2) is 0 Å². The van der Waals surface area contributed by atoms with Gasteiger partial charge in [0.25, 0.3) is 0 Å². The number of para-hydroxylation sites is 1. The molecule has 0 radical (unpaired) electrons. The van der Waals surface area contributed by atoms with Gasteiger partial charge in [0.1, 0.15) is 5.75 Å². The number of anilines is 1. The van der Waals surface area contributed by atoms with E-state index in [9.17, 15) is 5.11 Å². The van der Waals surface area contributed by atoms with Crippen molar-refractivity contribution in [3.05, 3.63) is 58.6 Å². The van der Waals surface area contributed by atoms with E-state index in [0.29, 0.717) is 4.47 Å². The Morgan fingerprint density at radius 1 is 1.12 bits per heavy atom. The summed E-state index contributed by atoms with van der Waals surface area (Å²) in [6, 6.07) is 14.9. The summed E-state index contributed by atoms with van der Waals surface area (Å²) in [7, 11) is 0. The van der Waals surface area contributed by atoms with Crippen molar-refractivity contribution < 1.29 is 5.11 Å². The monoisotopic (exact) mass is 290 g/mol. The lowest BCUT2D eigenvalue weighted by atomic mass is 10.2. The van der Waals surface area contributed by atoms with Gasteiger partial charge in [0.15, 0.2) is 0 Å². The average Bonchev–Trinajstić information content (AvgIpc) is 2.35. The van der Waals surface area contributed by atoms with Crippen LogP contribution in [0.1, 0.15) is 5.56 Å². The number of nitrogens with one attached hydrogen (secondary N) is 1. The van der Waals surface area contributed by atoms with Gasteiger partial charge in [-0.15, -0.1) is 0 Å². The SMILES string of the molecule is Oc1ccc(/C=N/Nc2ccccc2)cc1Br. The van der Waals surface area contributed by atoms with E-state index in [4.69, 9.17) is 0 Å². The summed E-state index contributed by atoms with van der Waals surface area (Å²) < 4.78 is 0.654. The predicted molar refractivity (Wildman–Crippen MR) is 73.5 cm³/mol. The van der Waals surface area contributed by atoms with E-state index in [1.54, 1.807) is 24.4 Å². The molecule has 2 aromatic rings. The zero-order valence-electron chi connectivity index (χ0n) is 8.97. The van der Waals surface area contributed by atoms with Gasteiger partial charge in [-0.3, -0.25) is 5.43 Å². The lowest BCUT2D eigenvalue weighted by Gasteiger charge is -2.00. The topological polar surface area (TPSA) is 44.6 Å². The van der Waals surface area contributed by atoms with Crippen LogP contribution in [0.4, 0.5) is 5.69 Å². The van der Waals surface area contributed by atoms with Crippen molar-refractivity contribution in [2.24, 2.45) is 5.10 Å². The first-order valence-corrected chi connectivity index (χ1v) is 5.87. The summed E-state index contributed by atoms with van der Waals surface area (Å²) in [6.45, 7) is 0. The third-order valence-electron chi connectivity index (χ3n) is 2.15. The number of halogens is 1. The lowest BCUT2D eigenvalue weighted by molar-refractivity contribution is 0.472. The normalized spacial score (nSPS) is 10.6. The number of hydrazone groups is 1. The van der Waals surface area contributed by atoms with Crippen LogP contribution in [-0.4, -0.2) is 11.3 Å². The zero-order chi connectivity index (χ0) is 12.1. The molecule has 86 valence electrons. The largest absolute Gasteiger partial charge is 0.507 e. The zero-order valence-corrected chi connectivity index (χ0v) is 10.6. The van der Waals surface area contributed by atoms with E-state index >= 15 is 0 Å². The molecule has 17 heavy (non-hydrogen) atoms. The molecule has 0 aliphatic rings. The van der Waals surface area contributed by atoms with Crippen molar-refractivity contribution >= 4 is 27.8 Å². The van der Waals surface area contributed by atoms with Crippen molar-refractivity contribution in [1.29, 1.82) is 0 Å². The molecule has 2 aromatic carbocycles. The molecule has 4 heteroatoms. The number of rotatable bonds is 3. The lowest BCUT2D eigenvalue weighted by Crippen LogP contribution is -1.90. The minimum atomic E-state index is 0.221. The van der Waals surface area contributed by atoms with Crippen molar-refractivity contribution in [2.75, 3.05) is 5.43 Å². The highest BCUT2D eigenvalue weighted by Crippen LogP contribution is 2.23. The molecule has 0 fully saturated rings. The van der Waals surface area contributed by atoms with Crippen molar-refractivity contribution in [3.8, 4) is 5.75 Å². The molecule has 0 atom stereocenters. The molecule has 0 aliphatic carbocycles. The molecule has 0 spiro atoms. The van der Waals surface area contributed by atoms with E-state index in [0.717, 1.165) is 11.3 Å². The highest BCUT2D eigenvalue weighted by atomic mass is 79.9. The van der Waals surface area contributed by atoms with Crippen LogP contribution < -0.4 is 5.43 Å². The number of benzene rings is 2. The van der Waals surface area contributed by atoms with Crippen molar-refractivity contribution in [1.82, 2.24) is 0 Å². The predicted octanol–water partition coefficient (Wildman–Crippen LogP) is 3.60. The average molecular weight is 291 g/mol. The van der Waals surface area contributed by atoms with E-state index in [1.165, 1.54) is 0 Å². The standard InChI is InChI=1S/C13H11BrN2O/c14-12-8-10(6-7-13(12)17)9-15-16-11-4-2-1-3-5-11/h1-9,16-17H/b15-9+. The molecule has 0 amide bonds. The molecule has 0 saturated heterocycles. The summed E-state index contributed by atoms with van der Waals surface area (Å²) in [5.74, 6) is 0.221. The number of aromatic hydroxyl groups is 1. The quantitative estimate of drug-likeness (QED) is 0.670. The van der Waals surface area contributed by atoms with E-state index in [-0.39, 0.29) is 5.75 Å². The van der Waals surface area contributed by atoms with E-state index in [2.05, 4.69) is 26.5 Å². The maximum absolute atomic E-state index is 9.34. The maximum atomic E-state index is 9.34. The molecular weight excluding hydrogens is 280 g/mol. The van der Waals surface area contributed by atoms with Crippen LogP contribution in [0.2, 0.25) is 0 Å². The van der Waals surface area contributed by atoms with Crippen LogP contribution in [-0.2, 0) is 0 Å². The molecule has 3 nitrogen and oxygen atoms in total. The Bertz CT molecular complexity index is 526. The van der Waals surface area contributed by atoms with Gasteiger partial charge in [0, 0.05) is 0 Å². The van der Waals surface area contributed by atoms with Gasteiger partial charge in [-0.05, 0) is 51.8 Å². The van der Waals surface area contributed by atoms with Gasteiger partial charge < -0.3 is 5.11 Å². The molecule has 0 aromatic heterocycles. The number of hydrogen-bond donors (Lipinski definition) is 2. The summed E-state index contributed by atoms with van der Waals surface area (Å²) >= 11 is 3.25. The molecule has 2 N–H and O–H groups in total. The van der Waals surface area contributed by atoms with Crippen LogP contribution >= 0.6 is 15.9 Å². The second-order valence-electron chi connectivity index (χ2n) is 3.45. The third kappa shape index (κ3) is 3.32. The third-order valence-corrected chi connectivity index (χ3v) is 2.79. The van der Waals surface area contributed by atoms with E-state index in [1.807, 2.05) is 30.3 Å². The van der Waals surface area contributed by atoms with Gasteiger partial charge >= 0.3 is 0 Å². The van der Waals surface area contributed by atoms with Gasteiger partial charge in [0.2, 0.25) is 0 Å². The smallest absolute Gasteiger partial charge is 0.129 e. The Morgan fingerprint density at radius 2 is 1.88 bits per heavy atom. The Morgan fingerprint density at radius 3 is 2.59 bits per heavy atom. The number of nitrogens with zero attached hydrogens (tertiary/aromatic N) is 1. The fraction of sp³-hybridized carbons (Fsp3) is 0. The molecule has 0 bridgehead atoms. The van der Waals surface area contributed by atoms with Gasteiger partial charge in [-0.2, -0.15) is 5.10 Å². The Balaban J connectivity index is 2.03. The van der Waals surface area contributed by atoms with E-state index < -0.39 is 0 Å². The molecular formula is C13H11BrN2O. The van der Waals surface area contributed by atoms with Crippen LogP contribution in [0.5, 0.6) is 5.75 Å². The van der Waals surface area contributed by atoms with Crippen LogP contribution in [0, 0.1) is 0 Å². The second-order valence-corrected chi connectivity index (χ2v) is 4.30. The van der Waals surface area contributed by atoms with Gasteiger partial charge in [0.05, 0.1) is 16.4 Å². The maximum Gasteiger partial charge on any atom is 0.129 e. The van der Waals surface area contributed by atoms with Crippen LogP contribution in [0.25, 0.3) is 0 Å². The minimum Gasteiger partial charge on any atom is -0.507 e. The molecule has 0 saturated carbocycles. The molecule has 0 unspecified atom stereocenters. The first-order chi connectivity index (χ1) is 8.25. The fourth-order valence-corrected chi connectivity index (χ4v) is 1.69. The van der Waals surface area contributed by atoms with Gasteiger partial charge in [-0.1, -0.05) is 18.2 Å².